The molecule has 20 heavy (non-hydrogen) atoms. The highest BCUT2D eigenvalue weighted by Gasteiger charge is 2.17. The van der Waals surface area contributed by atoms with E-state index in [0.29, 0.717) is 19.3 Å². The molecule has 2 nitrogen and oxygen atoms in total. The molecule has 1 atom stereocenters. The van der Waals surface area contributed by atoms with Gasteiger partial charge < -0.3 is 4.79 Å². The van der Waals surface area contributed by atoms with Crippen LogP contribution >= 0.6 is 0 Å². The topological polar surface area (TPSA) is 34.1 Å². The largest absolute Gasteiger partial charge is 0.303 e. The van der Waals surface area contributed by atoms with Gasteiger partial charge in [-0.2, -0.15) is 0 Å². The van der Waals surface area contributed by atoms with E-state index in [4.69, 9.17) is 0 Å². The van der Waals surface area contributed by atoms with E-state index in [-0.39, 0.29) is 5.78 Å². The van der Waals surface area contributed by atoms with Crippen molar-refractivity contribution in [1.82, 2.24) is 0 Å². The third kappa shape index (κ3) is 4.16. The zero-order chi connectivity index (χ0) is 14.2. The van der Waals surface area contributed by atoms with Crippen molar-refractivity contribution in [3.05, 3.63) is 71.8 Å². The van der Waals surface area contributed by atoms with Gasteiger partial charge in [0.25, 0.3) is 0 Å². The van der Waals surface area contributed by atoms with E-state index < -0.39 is 5.92 Å². The summed E-state index contributed by atoms with van der Waals surface area (Å²) in [6, 6.07) is 19.5. The smallest absolute Gasteiger partial charge is 0.143 e. The SMILES string of the molecule is O=C[C@H](Cc1ccccc1)C(=O)CCc1ccccc1. The van der Waals surface area contributed by atoms with Crippen LogP contribution in [-0.2, 0) is 22.4 Å². The molecule has 0 heterocycles. The highest BCUT2D eigenvalue weighted by molar-refractivity contribution is 5.93. The second kappa shape index (κ2) is 7.39. The molecular formula is C18H18O2. The summed E-state index contributed by atoms with van der Waals surface area (Å²) in [4.78, 5) is 23.3. The van der Waals surface area contributed by atoms with Crippen LogP contribution < -0.4 is 0 Å². The summed E-state index contributed by atoms with van der Waals surface area (Å²) < 4.78 is 0. The van der Waals surface area contributed by atoms with Crippen molar-refractivity contribution >= 4 is 12.1 Å². The van der Waals surface area contributed by atoms with E-state index >= 15 is 0 Å². The van der Waals surface area contributed by atoms with Crippen LogP contribution in [0.5, 0.6) is 0 Å². The zero-order valence-electron chi connectivity index (χ0n) is 11.4. The van der Waals surface area contributed by atoms with E-state index in [1.807, 2.05) is 60.7 Å². The monoisotopic (exact) mass is 266 g/mol. The van der Waals surface area contributed by atoms with Crippen molar-refractivity contribution in [1.29, 1.82) is 0 Å². The number of Topliss-reactive ketones (excluding diaryl/α,β-unsaturated/α-hetero) is 1. The summed E-state index contributed by atoms with van der Waals surface area (Å²) in [7, 11) is 0. The standard InChI is InChI=1S/C18H18O2/c19-14-17(13-16-9-5-2-6-10-16)18(20)12-11-15-7-3-1-4-8-15/h1-10,14,17H,11-13H2/t17-/m0/s1. The lowest BCUT2D eigenvalue weighted by atomic mass is 9.93. The number of rotatable bonds is 7. The number of carbonyl (C=O) groups is 2. The van der Waals surface area contributed by atoms with Crippen molar-refractivity contribution in [2.24, 2.45) is 5.92 Å². The molecule has 0 aliphatic carbocycles. The summed E-state index contributed by atoms with van der Waals surface area (Å²) in [6.07, 6.45) is 2.39. The molecule has 0 N–H and O–H groups in total. The third-order valence-corrected chi connectivity index (χ3v) is 3.38. The Morgan fingerprint density at radius 3 is 2.00 bits per heavy atom. The lowest BCUT2D eigenvalue weighted by molar-refractivity contribution is -0.127. The fourth-order valence-corrected chi connectivity index (χ4v) is 2.20. The van der Waals surface area contributed by atoms with Gasteiger partial charge in [0.15, 0.2) is 0 Å². The van der Waals surface area contributed by atoms with Crippen LogP contribution in [0.2, 0.25) is 0 Å². The van der Waals surface area contributed by atoms with E-state index in [1.54, 1.807) is 0 Å². The highest BCUT2D eigenvalue weighted by Crippen LogP contribution is 2.12. The summed E-state index contributed by atoms with van der Waals surface area (Å²) >= 11 is 0. The zero-order valence-corrected chi connectivity index (χ0v) is 11.4. The molecule has 0 saturated carbocycles. The molecule has 102 valence electrons. The Bertz CT molecular complexity index is 546. The molecule has 2 heteroatoms. The molecule has 0 bridgehead atoms. The first-order chi connectivity index (χ1) is 9.79. The summed E-state index contributed by atoms with van der Waals surface area (Å²) in [5.41, 5.74) is 2.16. The minimum Gasteiger partial charge on any atom is -0.303 e. The molecule has 2 aromatic carbocycles. The average molecular weight is 266 g/mol. The van der Waals surface area contributed by atoms with Crippen molar-refractivity contribution in [3.63, 3.8) is 0 Å². The Morgan fingerprint density at radius 1 is 0.900 bits per heavy atom. The van der Waals surface area contributed by atoms with Crippen LogP contribution in [0.1, 0.15) is 17.5 Å². The lowest BCUT2D eigenvalue weighted by Crippen LogP contribution is -2.19. The van der Waals surface area contributed by atoms with Crippen molar-refractivity contribution in [2.45, 2.75) is 19.3 Å². The predicted octanol–water partition coefficient (Wildman–Crippen LogP) is 3.25. The predicted molar refractivity (Wildman–Crippen MR) is 79.5 cm³/mol. The van der Waals surface area contributed by atoms with Gasteiger partial charge >= 0.3 is 0 Å². The number of aldehydes is 1. The first-order valence-electron chi connectivity index (χ1n) is 6.85. The number of hydrogen-bond acceptors (Lipinski definition) is 2. The van der Waals surface area contributed by atoms with Crippen molar-refractivity contribution in [2.75, 3.05) is 0 Å². The minimum atomic E-state index is -0.527. The molecule has 0 radical (unpaired) electrons. The van der Waals surface area contributed by atoms with Crippen molar-refractivity contribution in [3.8, 4) is 0 Å². The lowest BCUT2D eigenvalue weighted by Gasteiger charge is -2.09. The molecule has 0 aliphatic heterocycles. The number of carbonyl (C=O) groups excluding carboxylic acids is 2. The second-order valence-electron chi connectivity index (χ2n) is 4.88. The Morgan fingerprint density at radius 2 is 1.45 bits per heavy atom. The molecule has 0 aliphatic rings. The van der Waals surface area contributed by atoms with Crippen molar-refractivity contribution < 1.29 is 9.59 Å². The number of hydrogen-bond donors (Lipinski definition) is 0. The van der Waals surface area contributed by atoms with Gasteiger partial charge in [-0.1, -0.05) is 60.7 Å². The Kier molecular flexibility index (Phi) is 5.24. The van der Waals surface area contributed by atoms with Crippen LogP contribution in [0.25, 0.3) is 0 Å². The normalized spacial score (nSPS) is 11.8. The maximum atomic E-state index is 12.1. The average Bonchev–Trinajstić information content (AvgIpc) is 2.52. The fraction of sp³-hybridized carbons (Fsp3) is 0.222. The van der Waals surface area contributed by atoms with E-state index in [9.17, 15) is 9.59 Å². The van der Waals surface area contributed by atoms with Gasteiger partial charge in [0, 0.05) is 6.42 Å². The molecule has 0 aromatic heterocycles. The van der Waals surface area contributed by atoms with Gasteiger partial charge in [0.05, 0.1) is 5.92 Å². The quantitative estimate of drug-likeness (QED) is 0.569. The Hall–Kier alpha value is -2.22. The summed E-state index contributed by atoms with van der Waals surface area (Å²) in [5.74, 6) is -0.506. The van der Waals surface area contributed by atoms with Gasteiger partial charge in [-0.25, -0.2) is 0 Å². The van der Waals surface area contributed by atoms with Crippen LogP contribution in [0, 0.1) is 5.92 Å². The summed E-state index contributed by atoms with van der Waals surface area (Å²) in [6.45, 7) is 0. The number of ketones is 1. The molecular weight excluding hydrogens is 248 g/mol. The van der Waals surface area contributed by atoms with Gasteiger partial charge in [0.2, 0.25) is 0 Å². The van der Waals surface area contributed by atoms with Gasteiger partial charge in [-0.05, 0) is 24.0 Å². The van der Waals surface area contributed by atoms with E-state index in [2.05, 4.69) is 0 Å². The Labute approximate surface area is 119 Å². The first-order valence-corrected chi connectivity index (χ1v) is 6.85. The molecule has 0 spiro atoms. The maximum absolute atomic E-state index is 12.1. The first kappa shape index (κ1) is 14.2. The second-order valence-corrected chi connectivity index (χ2v) is 4.88. The van der Waals surface area contributed by atoms with Crippen LogP contribution in [0.4, 0.5) is 0 Å². The number of benzene rings is 2. The van der Waals surface area contributed by atoms with Gasteiger partial charge in [-0.3, -0.25) is 4.79 Å². The maximum Gasteiger partial charge on any atom is 0.143 e. The van der Waals surface area contributed by atoms with Crippen LogP contribution in [0.15, 0.2) is 60.7 Å². The van der Waals surface area contributed by atoms with Crippen LogP contribution in [0.3, 0.4) is 0 Å². The number of aryl methyl sites for hydroxylation is 1. The molecule has 0 amide bonds. The summed E-state index contributed by atoms with van der Waals surface area (Å²) in [5, 5.41) is 0. The molecule has 0 saturated heterocycles. The molecule has 0 fully saturated rings. The van der Waals surface area contributed by atoms with Gasteiger partial charge in [0.1, 0.15) is 12.1 Å². The van der Waals surface area contributed by atoms with Gasteiger partial charge in [-0.15, -0.1) is 0 Å². The third-order valence-electron chi connectivity index (χ3n) is 3.38. The highest BCUT2D eigenvalue weighted by atomic mass is 16.1. The van der Waals surface area contributed by atoms with Crippen LogP contribution in [-0.4, -0.2) is 12.1 Å². The van der Waals surface area contributed by atoms with E-state index in [1.165, 1.54) is 0 Å². The molecule has 2 aromatic rings. The fourth-order valence-electron chi connectivity index (χ4n) is 2.20. The molecule has 0 unspecified atom stereocenters. The molecule has 2 rings (SSSR count). The minimum absolute atomic E-state index is 0.0210. The Balaban J connectivity index is 1.91. The van der Waals surface area contributed by atoms with E-state index in [0.717, 1.165) is 17.4 Å².